The minimum atomic E-state index is -0.189. The summed E-state index contributed by atoms with van der Waals surface area (Å²) in [5.74, 6) is 3.38. The van der Waals surface area contributed by atoms with Gasteiger partial charge in [0.25, 0.3) is 0 Å². The fourth-order valence-corrected chi connectivity index (χ4v) is 3.26. The van der Waals surface area contributed by atoms with Gasteiger partial charge in [-0.1, -0.05) is 0 Å². The molecule has 2 atom stereocenters. The summed E-state index contributed by atoms with van der Waals surface area (Å²) in [6, 6.07) is 5.95. The van der Waals surface area contributed by atoms with Crippen LogP contribution >= 0.6 is 0 Å². The zero-order valence-electron chi connectivity index (χ0n) is 10.4. The first-order chi connectivity index (χ1) is 8.16. The fourth-order valence-electron chi connectivity index (χ4n) is 3.26. The van der Waals surface area contributed by atoms with Crippen molar-refractivity contribution < 1.29 is 9.47 Å². The number of benzene rings is 1. The van der Waals surface area contributed by atoms with E-state index in [9.17, 15) is 0 Å². The highest BCUT2D eigenvalue weighted by atomic mass is 16.5. The summed E-state index contributed by atoms with van der Waals surface area (Å²) in [5, 5.41) is 0. The van der Waals surface area contributed by atoms with Gasteiger partial charge in [0.2, 0.25) is 0 Å². The average Bonchev–Trinajstić information content (AvgIpc) is 2.97. The van der Waals surface area contributed by atoms with Crippen LogP contribution in [0.5, 0.6) is 11.5 Å². The van der Waals surface area contributed by atoms with E-state index in [0.29, 0.717) is 0 Å². The van der Waals surface area contributed by atoms with E-state index in [1.165, 1.54) is 6.42 Å². The molecule has 0 amide bonds. The van der Waals surface area contributed by atoms with Gasteiger partial charge in [-0.15, -0.1) is 0 Å². The maximum absolute atomic E-state index is 6.55. The first-order valence-corrected chi connectivity index (χ1v) is 6.17. The largest absolute Gasteiger partial charge is 0.497 e. The lowest BCUT2D eigenvalue weighted by atomic mass is 9.85. The third-order valence-corrected chi connectivity index (χ3v) is 4.27. The number of fused-ring (bicyclic) bond motifs is 1. The molecule has 92 valence electrons. The maximum atomic E-state index is 6.55. The van der Waals surface area contributed by atoms with Crippen LogP contribution in [0.4, 0.5) is 0 Å². The van der Waals surface area contributed by atoms with Gasteiger partial charge >= 0.3 is 0 Å². The normalized spacial score (nSPS) is 34.3. The van der Waals surface area contributed by atoms with Gasteiger partial charge in [0.05, 0.1) is 14.2 Å². The number of hydrogen-bond acceptors (Lipinski definition) is 3. The van der Waals surface area contributed by atoms with Crippen LogP contribution < -0.4 is 15.2 Å². The molecule has 3 heteroatoms. The van der Waals surface area contributed by atoms with Gasteiger partial charge in [0, 0.05) is 17.2 Å². The number of methoxy groups -OCH3 is 2. The molecule has 0 spiro atoms. The van der Waals surface area contributed by atoms with Crippen LogP contribution in [0.3, 0.4) is 0 Å². The van der Waals surface area contributed by atoms with Crippen LogP contribution in [0.15, 0.2) is 18.2 Å². The Labute approximate surface area is 102 Å². The van der Waals surface area contributed by atoms with Crippen LogP contribution in [0.25, 0.3) is 0 Å². The van der Waals surface area contributed by atoms with Crippen molar-refractivity contribution in [1.82, 2.24) is 0 Å². The van der Waals surface area contributed by atoms with E-state index in [4.69, 9.17) is 15.2 Å². The molecular formula is C14H19NO2. The van der Waals surface area contributed by atoms with E-state index in [1.807, 2.05) is 12.1 Å². The van der Waals surface area contributed by atoms with Gasteiger partial charge in [0.1, 0.15) is 11.5 Å². The molecule has 2 aliphatic rings. The van der Waals surface area contributed by atoms with E-state index >= 15 is 0 Å². The molecule has 0 radical (unpaired) electrons. The Balaban J connectivity index is 1.96. The lowest BCUT2D eigenvalue weighted by Crippen LogP contribution is -2.35. The van der Waals surface area contributed by atoms with Crippen molar-refractivity contribution in [3.8, 4) is 11.5 Å². The van der Waals surface area contributed by atoms with Crippen LogP contribution in [-0.4, -0.2) is 14.2 Å². The van der Waals surface area contributed by atoms with Crippen molar-refractivity contribution in [1.29, 1.82) is 0 Å². The summed E-state index contributed by atoms with van der Waals surface area (Å²) in [5.41, 5.74) is 7.49. The van der Waals surface area contributed by atoms with Crippen LogP contribution in [0, 0.1) is 11.8 Å². The Morgan fingerprint density at radius 2 is 1.88 bits per heavy atom. The molecule has 2 unspecified atom stereocenters. The standard InChI is InChI=1S/C14H19NO2/c1-16-11-3-4-12(13(6-11)17-2)14(15)7-9-5-10(9)8-14/h3-4,6,9-10H,5,7-8,15H2,1-2H3. The summed E-state index contributed by atoms with van der Waals surface area (Å²) in [7, 11) is 3.36. The van der Waals surface area contributed by atoms with Crippen LogP contribution in [0.1, 0.15) is 24.8 Å². The molecule has 17 heavy (non-hydrogen) atoms. The second kappa shape index (κ2) is 3.64. The molecule has 1 aromatic rings. The third kappa shape index (κ3) is 1.69. The summed E-state index contributed by atoms with van der Waals surface area (Å²) < 4.78 is 10.7. The molecule has 2 aliphatic carbocycles. The monoisotopic (exact) mass is 233 g/mol. The highest BCUT2D eigenvalue weighted by Crippen LogP contribution is 2.59. The third-order valence-electron chi connectivity index (χ3n) is 4.27. The van der Waals surface area contributed by atoms with Gasteiger partial charge in [-0.2, -0.15) is 0 Å². The predicted molar refractivity (Wildman–Crippen MR) is 66.2 cm³/mol. The number of ether oxygens (including phenoxy) is 2. The Bertz CT molecular complexity index is 434. The lowest BCUT2D eigenvalue weighted by Gasteiger charge is -2.28. The zero-order valence-corrected chi connectivity index (χ0v) is 10.4. The van der Waals surface area contributed by atoms with Crippen LogP contribution in [0.2, 0.25) is 0 Å². The SMILES string of the molecule is COc1ccc(C2(N)CC3CC3C2)c(OC)c1. The van der Waals surface area contributed by atoms with Gasteiger partial charge in [-0.3, -0.25) is 0 Å². The fraction of sp³-hybridized carbons (Fsp3) is 0.571. The molecule has 0 aliphatic heterocycles. The summed E-state index contributed by atoms with van der Waals surface area (Å²) in [4.78, 5) is 0. The molecule has 3 nitrogen and oxygen atoms in total. The Hall–Kier alpha value is -1.22. The first kappa shape index (κ1) is 10.9. The van der Waals surface area contributed by atoms with Crippen molar-refractivity contribution in [3.05, 3.63) is 23.8 Å². The average molecular weight is 233 g/mol. The molecule has 2 fully saturated rings. The molecule has 0 heterocycles. The second-order valence-electron chi connectivity index (χ2n) is 5.39. The summed E-state index contributed by atoms with van der Waals surface area (Å²) in [6.07, 6.45) is 3.57. The molecule has 0 saturated heterocycles. The smallest absolute Gasteiger partial charge is 0.127 e. The Morgan fingerprint density at radius 3 is 2.47 bits per heavy atom. The number of hydrogen-bond donors (Lipinski definition) is 1. The van der Waals surface area contributed by atoms with Crippen molar-refractivity contribution in [2.75, 3.05) is 14.2 Å². The highest BCUT2D eigenvalue weighted by molar-refractivity contribution is 5.45. The zero-order chi connectivity index (χ0) is 12.0. The quantitative estimate of drug-likeness (QED) is 0.871. The number of nitrogens with two attached hydrogens (primary N) is 1. The topological polar surface area (TPSA) is 44.5 Å². The Kier molecular flexibility index (Phi) is 2.33. The second-order valence-corrected chi connectivity index (χ2v) is 5.39. The van der Waals surface area contributed by atoms with Gasteiger partial charge in [-0.25, -0.2) is 0 Å². The molecule has 3 rings (SSSR count). The van der Waals surface area contributed by atoms with Crippen molar-refractivity contribution in [2.24, 2.45) is 17.6 Å². The van der Waals surface area contributed by atoms with Crippen molar-refractivity contribution in [2.45, 2.75) is 24.8 Å². The minimum absolute atomic E-state index is 0.189. The molecule has 0 aromatic heterocycles. The molecule has 2 saturated carbocycles. The van der Waals surface area contributed by atoms with E-state index in [2.05, 4.69) is 6.07 Å². The molecule has 0 bridgehead atoms. The van der Waals surface area contributed by atoms with E-state index in [1.54, 1.807) is 14.2 Å². The van der Waals surface area contributed by atoms with Crippen LogP contribution in [-0.2, 0) is 5.54 Å². The maximum Gasteiger partial charge on any atom is 0.127 e. The molecule has 1 aromatic carbocycles. The lowest BCUT2D eigenvalue weighted by molar-refractivity contribution is 0.356. The Morgan fingerprint density at radius 1 is 1.18 bits per heavy atom. The first-order valence-electron chi connectivity index (χ1n) is 6.17. The van der Waals surface area contributed by atoms with Crippen molar-refractivity contribution >= 4 is 0 Å². The summed E-state index contributed by atoms with van der Waals surface area (Å²) >= 11 is 0. The highest BCUT2D eigenvalue weighted by Gasteiger charge is 2.53. The van der Waals surface area contributed by atoms with Gasteiger partial charge in [0.15, 0.2) is 0 Å². The molecule has 2 N–H and O–H groups in total. The molecular weight excluding hydrogens is 214 g/mol. The van der Waals surface area contributed by atoms with Gasteiger partial charge in [-0.05, 0) is 43.2 Å². The summed E-state index contributed by atoms with van der Waals surface area (Å²) in [6.45, 7) is 0. The minimum Gasteiger partial charge on any atom is -0.497 e. The van der Waals surface area contributed by atoms with Gasteiger partial charge < -0.3 is 15.2 Å². The number of rotatable bonds is 3. The van der Waals surface area contributed by atoms with Crippen molar-refractivity contribution in [3.63, 3.8) is 0 Å². The van der Waals surface area contributed by atoms with E-state index in [0.717, 1.165) is 41.7 Å². The predicted octanol–water partition coefficient (Wildman–Crippen LogP) is 2.29. The van der Waals surface area contributed by atoms with E-state index in [-0.39, 0.29) is 5.54 Å². The van der Waals surface area contributed by atoms with E-state index < -0.39 is 0 Å².